The molecule has 6 heteroatoms. The molecule has 3 heterocycles. The zero-order valence-corrected chi connectivity index (χ0v) is 17.2. The van der Waals surface area contributed by atoms with E-state index in [0.717, 1.165) is 38.9 Å². The maximum absolute atomic E-state index is 6.06. The summed E-state index contributed by atoms with van der Waals surface area (Å²) in [5.74, 6) is 0. The molecule has 1 N–H and O–H groups in total. The predicted molar refractivity (Wildman–Crippen MR) is 104 cm³/mol. The molecule has 1 spiro atoms. The van der Waals surface area contributed by atoms with Crippen LogP contribution in [0.4, 0.5) is 0 Å². The van der Waals surface area contributed by atoms with Crippen LogP contribution >= 0.6 is 79.1 Å². The summed E-state index contributed by atoms with van der Waals surface area (Å²) >= 11 is 8.83. The van der Waals surface area contributed by atoms with E-state index in [1.807, 2.05) is 11.3 Å². The highest BCUT2D eigenvalue weighted by atomic mass is 127. The van der Waals surface area contributed by atoms with E-state index < -0.39 is 0 Å². The van der Waals surface area contributed by atoms with Gasteiger partial charge in [0.1, 0.15) is 5.54 Å². The smallest absolute Gasteiger partial charge is 0.114 e. The molecular formula is C12H16I3NOS. The third-order valence-electron chi connectivity index (χ3n) is 3.32. The van der Waals surface area contributed by atoms with Crippen molar-refractivity contribution in [3.8, 4) is 0 Å². The molecule has 0 radical (unpaired) electrons. The molecule has 2 aliphatic heterocycles. The molecule has 2 aliphatic rings. The standard InChI is InChI=1S/C11H15NOS.CHI3/c1-7-13-11(3-5-12-6-4-11)10-9(1)2-8-14-10;2-1(3)4/h2,8,12H,1,3-7H2;1H. The second-order valence-corrected chi connectivity index (χ2v) is 16.2. The number of thiophene rings is 1. The van der Waals surface area contributed by atoms with Crippen LogP contribution in [-0.2, 0) is 16.8 Å². The number of piperidine rings is 1. The van der Waals surface area contributed by atoms with Crippen molar-refractivity contribution in [1.82, 2.24) is 5.32 Å². The Hall–Kier alpha value is 1.81. The topological polar surface area (TPSA) is 21.3 Å². The molecule has 0 saturated carbocycles. The van der Waals surface area contributed by atoms with Gasteiger partial charge in [0, 0.05) is 4.88 Å². The molecule has 1 saturated heterocycles. The third-order valence-corrected chi connectivity index (χ3v) is 4.46. The number of hydrogen-bond donors (Lipinski definition) is 1. The van der Waals surface area contributed by atoms with Crippen LogP contribution in [0.5, 0.6) is 0 Å². The molecule has 0 bridgehead atoms. The highest BCUT2D eigenvalue weighted by molar-refractivity contribution is 14.3. The van der Waals surface area contributed by atoms with Crippen LogP contribution < -0.4 is 5.32 Å². The molecule has 0 atom stereocenters. The van der Waals surface area contributed by atoms with Gasteiger partial charge in [0.15, 0.2) is 0 Å². The van der Waals surface area contributed by atoms with Crippen LogP contribution in [-0.4, -0.2) is 19.6 Å². The van der Waals surface area contributed by atoms with Crippen molar-refractivity contribution in [2.75, 3.05) is 19.7 Å². The van der Waals surface area contributed by atoms with E-state index in [2.05, 4.69) is 84.5 Å². The van der Waals surface area contributed by atoms with Gasteiger partial charge in [-0.1, -0.05) is 67.8 Å². The lowest BCUT2D eigenvalue weighted by Gasteiger charge is -2.40. The molecule has 3 rings (SSSR count). The van der Waals surface area contributed by atoms with Crippen molar-refractivity contribution >= 4 is 79.1 Å². The van der Waals surface area contributed by atoms with Gasteiger partial charge in [-0.25, -0.2) is 0 Å². The summed E-state index contributed by atoms with van der Waals surface area (Å²) in [4.78, 5) is 1.50. The molecular weight excluding hydrogens is 587 g/mol. The molecule has 102 valence electrons. The zero-order chi connectivity index (χ0) is 13.0. The molecule has 0 unspecified atom stereocenters. The molecule has 2 nitrogen and oxygen atoms in total. The largest absolute Gasteiger partial charge is 0.369 e. The monoisotopic (exact) mass is 603 g/mol. The number of hydrogen-bond acceptors (Lipinski definition) is 3. The summed E-state index contributed by atoms with van der Waals surface area (Å²) in [6.45, 7) is 3.10. The molecule has 18 heavy (non-hydrogen) atoms. The predicted octanol–water partition coefficient (Wildman–Crippen LogP) is 4.47. The number of rotatable bonds is 0. The van der Waals surface area contributed by atoms with Gasteiger partial charge < -0.3 is 10.1 Å². The SMILES string of the molecule is IC(I)I.c1cc2c(s1)C1(CCNCC1)OCC2. The number of halogens is 3. The van der Waals surface area contributed by atoms with E-state index in [0.29, 0.717) is 0 Å². The van der Waals surface area contributed by atoms with Crippen LogP contribution in [0.2, 0.25) is 0 Å². The number of ether oxygens (including phenoxy) is 1. The van der Waals surface area contributed by atoms with Crippen molar-refractivity contribution < 1.29 is 4.74 Å². The minimum Gasteiger partial charge on any atom is -0.369 e. The van der Waals surface area contributed by atoms with Gasteiger partial charge >= 0.3 is 0 Å². The normalized spacial score (nSPS) is 21.3. The van der Waals surface area contributed by atoms with Gasteiger partial charge in [0.25, 0.3) is 0 Å². The highest BCUT2D eigenvalue weighted by Crippen LogP contribution is 2.42. The Bertz CT molecular complexity index is 374. The minimum atomic E-state index is 0.0764. The van der Waals surface area contributed by atoms with Crippen LogP contribution in [0, 0.1) is 0 Å². The van der Waals surface area contributed by atoms with Crippen molar-refractivity contribution in [2.45, 2.75) is 24.8 Å². The summed E-state index contributed by atoms with van der Waals surface area (Å²) in [7, 11) is 0. The number of fused-ring (bicyclic) bond motifs is 2. The van der Waals surface area contributed by atoms with E-state index in [-0.39, 0.29) is 5.60 Å². The summed E-state index contributed by atoms with van der Waals surface area (Å²) in [6, 6.07) is 2.27. The summed E-state index contributed by atoms with van der Waals surface area (Å²) in [5.41, 5.74) is 1.61. The van der Waals surface area contributed by atoms with Crippen molar-refractivity contribution in [3.05, 3.63) is 21.9 Å². The number of alkyl halides is 3. The van der Waals surface area contributed by atoms with E-state index >= 15 is 0 Å². The number of nitrogens with one attached hydrogen (secondary N) is 1. The second-order valence-electron chi connectivity index (χ2n) is 4.37. The maximum atomic E-state index is 6.06. The molecule has 0 aliphatic carbocycles. The third kappa shape index (κ3) is 4.15. The quantitative estimate of drug-likeness (QED) is 0.350. The Kier molecular flexibility index (Phi) is 6.94. The summed E-state index contributed by atoms with van der Waals surface area (Å²) < 4.78 is 6.80. The Morgan fingerprint density at radius 1 is 1.28 bits per heavy atom. The van der Waals surface area contributed by atoms with Gasteiger partial charge in [-0.15, -0.1) is 11.3 Å². The fraction of sp³-hybridized carbons (Fsp3) is 0.667. The molecule has 1 aromatic heterocycles. The Labute approximate surface area is 153 Å². The lowest BCUT2D eigenvalue weighted by Crippen LogP contribution is -2.43. The van der Waals surface area contributed by atoms with Crippen LogP contribution in [0.15, 0.2) is 11.4 Å². The van der Waals surface area contributed by atoms with Crippen molar-refractivity contribution in [2.24, 2.45) is 0 Å². The maximum Gasteiger partial charge on any atom is 0.114 e. The summed E-state index contributed by atoms with van der Waals surface area (Å²) in [5, 5.41) is 5.62. The molecule has 1 fully saturated rings. The average Bonchev–Trinajstić information content (AvgIpc) is 2.79. The Morgan fingerprint density at radius 2 is 1.94 bits per heavy atom. The van der Waals surface area contributed by atoms with Gasteiger partial charge in [0.2, 0.25) is 0 Å². The van der Waals surface area contributed by atoms with Crippen molar-refractivity contribution in [3.63, 3.8) is 0 Å². The molecule has 0 amide bonds. The average molecular weight is 603 g/mol. The van der Waals surface area contributed by atoms with Gasteiger partial charge in [0.05, 0.1) is 6.61 Å². The lowest BCUT2D eigenvalue weighted by atomic mass is 9.86. The first-order valence-electron chi connectivity index (χ1n) is 5.98. The van der Waals surface area contributed by atoms with Crippen molar-refractivity contribution in [1.29, 1.82) is 0 Å². The van der Waals surface area contributed by atoms with Gasteiger partial charge in [-0.3, -0.25) is 0 Å². The summed E-state index contributed by atoms with van der Waals surface area (Å²) in [6.07, 6.45) is 3.38. The fourth-order valence-electron chi connectivity index (χ4n) is 2.56. The van der Waals surface area contributed by atoms with E-state index in [1.165, 1.54) is 10.4 Å². The molecule has 1 aromatic rings. The Balaban J connectivity index is 0.000000267. The second kappa shape index (κ2) is 7.71. The minimum absolute atomic E-state index is 0.0764. The zero-order valence-electron chi connectivity index (χ0n) is 9.93. The first-order valence-corrected chi connectivity index (χ1v) is 10.6. The van der Waals surface area contributed by atoms with Gasteiger partial charge in [-0.2, -0.15) is 0 Å². The first-order chi connectivity index (χ1) is 8.64. The van der Waals surface area contributed by atoms with Crippen LogP contribution in [0.25, 0.3) is 0 Å². The Morgan fingerprint density at radius 3 is 2.61 bits per heavy atom. The molecule has 0 aromatic carbocycles. The van der Waals surface area contributed by atoms with E-state index in [9.17, 15) is 0 Å². The first kappa shape index (κ1) is 16.2. The van der Waals surface area contributed by atoms with Gasteiger partial charge in [-0.05, 0) is 49.4 Å². The van der Waals surface area contributed by atoms with E-state index in [1.54, 1.807) is 0 Å². The van der Waals surface area contributed by atoms with E-state index in [4.69, 9.17) is 4.74 Å². The lowest BCUT2D eigenvalue weighted by molar-refractivity contribution is -0.0771. The van der Waals surface area contributed by atoms with Crippen LogP contribution in [0.1, 0.15) is 23.3 Å². The highest BCUT2D eigenvalue weighted by Gasteiger charge is 2.39. The fourth-order valence-corrected chi connectivity index (χ4v) is 3.72. The van der Waals surface area contributed by atoms with Crippen LogP contribution in [0.3, 0.4) is 0 Å².